The molecule has 2 aromatic carbocycles. The lowest BCUT2D eigenvalue weighted by Gasteiger charge is -2.20. The van der Waals surface area contributed by atoms with Gasteiger partial charge in [0.2, 0.25) is 0 Å². The fourth-order valence-electron chi connectivity index (χ4n) is 3.02. The molecule has 26 heavy (non-hydrogen) atoms. The molecule has 0 radical (unpaired) electrons. The number of nitrogens with zero attached hydrogens (tertiary/aromatic N) is 1. The van der Waals surface area contributed by atoms with Gasteiger partial charge in [-0.15, -0.1) is 11.8 Å². The number of aliphatic imine (C=N–C) groups is 1. The molecular weight excluding hydrogens is 422 g/mol. The fourth-order valence-corrected chi connectivity index (χ4v) is 5.43. The summed E-state index contributed by atoms with van der Waals surface area (Å²) in [6.07, 6.45) is 9.11. The molecule has 1 aliphatic rings. The quantitative estimate of drug-likeness (QED) is 0.252. The Hall–Kier alpha value is -0.970. The SMILES string of the molecule is Brc1cccc(S/C=C/C(=Nc2ccccc2)SCC2CCCCC2)c1. The van der Waals surface area contributed by atoms with Crippen molar-refractivity contribution in [1.82, 2.24) is 0 Å². The van der Waals surface area contributed by atoms with Gasteiger partial charge in [-0.1, -0.05) is 71.2 Å². The monoisotopic (exact) mass is 445 g/mol. The van der Waals surface area contributed by atoms with Gasteiger partial charge in [0.05, 0.1) is 10.7 Å². The van der Waals surface area contributed by atoms with Crippen LogP contribution in [0.15, 0.2) is 80.4 Å². The van der Waals surface area contributed by atoms with E-state index < -0.39 is 0 Å². The minimum Gasteiger partial charge on any atom is -0.242 e. The predicted molar refractivity (Wildman–Crippen MR) is 122 cm³/mol. The van der Waals surface area contributed by atoms with Crippen LogP contribution in [-0.2, 0) is 0 Å². The van der Waals surface area contributed by atoms with Gasteiger partial charge >= 0.3 is 0 Å². The number of hydrogen-bond acceptors (Lipinski definition) is 3. The van der Waals surface area contributed by atoms with Gasteiger partial charge in [-0.05, 0) is 60.6 Å². The normalized spacial score (nSPS) is 16.3. The Labute approximate surface area is 173 Å². The maximum Gasteiger partial charge on any atom is 0.0972 e. The van der Waals surface area contributed by atoms with Crippen LogP contribution >= 0.6 is 39.5 Å². The number of thioether (sulfide) groups is 2. The minimum atomic E-state index is 0.848. The van der Waals surface area contributed by atoms with Crippen LogP contribution in [0.3, 0.4) is 0 Å². The summed E-state index contributed by atoms with van der Waals surface area (Å²) in [7, 11) is 0. The fraction of sp³-hybridized carbons (Fsp3) is 0.318. The predicted octanol–water partition coefficient (Wildman–Crippen LogP) is 8.10. The molecule has 0 aliphatic heterocycles. The molecule has 4 heteroatoms. The average molecular weight is 446 g/mol. The molecule has 0 heterocycles. The van der Waals surface area contributed by atoms with Crippen molar-refractivity contribution in [3.05, 3.63) is 70.6 Å². The topological polar surface area (TPSA) is 12.4 Å². The second kappa shape index (κ2) is 11.0. The van der Waals surface area contributed by atoms with Gasteiger partial charge < -0.3 is 0 Å². The highest BCUT2D eigenvalue weighted by Crippen LogP contribution is 2.29. The highest BCUT2D eigenvalue weighted by Gasteiger charge is 2.14. The van der Waals surface area contributed by atoms with Crippen LogP contribution < -0.4 is 0 Å². The number of halogens is 1. The Morgan fingerprint density at radius 2 is 1.85 bits per heavy atom. The van der Waals surface area contributed by atoms with E-state index in [-0.39, 0.29) is 0 Å². The zero-order valence-electron chi connectivity index (χ0n) is 14.8. The van der Waals surface area contributed by atoms with Crippen LogP contribution in [0.5, 0.6) is 0 Å². The Balaban J connectivity index is 1.65. The number of para-hydroxylation sites is 1. The summed E-state index contributed by atoms with van der Waals surface area (Å²) >= 11 is 7.16. The summed E-state index contributed by atoms with van der Waals surface area (Å²) in [6, 6.07) is 18.6. The first kappa shape index (κ1) is 19.8. The van der Waals surface area contributed by atoms with Gasteiger partial charge in [-0.2, -0.15) is 0 Å². The summed E-state index contributed by atoms with van der Waals surface area (Å²) in [5, 5.41) is 3.25. The van der Waals surface area contributed by atoms with E-state index >= 15 is 0 Å². The zero-order chi connectivity index (χ0) is 18.0. The summed E-state index contributed by atoms with van der Waals surface area (Å²) < 4.78 is 1.11. The molecule has 0 spiro atoms. The molecule has 0 aromatic heterocycles. The van der Waals surface area contributed by atoms with Crippen molar-refractivity contribution in [2.45, 2.75) is 37.0 Å². The molecule has 136 valence electrons. The van der Waals surface area contributed by atoms with E-state index in [1.807, 2.05) is 30.0 Å². The molecule has 0 bridgehead atoms. The summed E-state index contributed by atoms with van der Waals surface area (Å²) in [6.45, 7) is 0. The highest BCUT2D eigenvalue weighted by molar-refractivity contribution is 9.10. The van der Waals surface area contributed by atoms with E-state index in [0.717, 1.165) is 21.1 Å². The molecular formula is C22H24BrNS2. The number of benzene rings is 2. The van der Waals surface area contributed by atoms with Crippen molar-refractivity contribution in [1.29, 1.82) is 0 Å². The molecule has 2 aromatic rings. The van der Waals surface area contributed by atoms with Gasteiger partial charge in [0.1, 0.15) is 0 Å². The summed E-state index contributed by atoms with van der Waals surface area (Å²) in [5.74, 6) is 2.03. The molecule has 0 unspecified atom stereocenters. The van der Waals surface area contributed by atoms with E-state index in [4.69, 9.17) is 4.99 Å². The molecule has 1 nitrogen and oxygen atoms in total. The van der Waals surface area contributed by atoms with E-state index in [0.29, 0.717) is 0 Å². The molecule has 1 saturated carbocycles. The molecule has 0 N–H and O–H groups in total. The standard InChI is InChI=1S/C22H24BrNS2/c23-19-10-7-13-21(16-19)25-15-14-22(24-20-11-5-2-6-12-20)26-17-18-8-3-1-4-9-18/h2,5-7,10-16,18H,1,3-4,8-9,17H2/b15-14+,24-22?. The molecule has 3 rings (SSSR count). The second-order valence-electron chi connectivity index (χ2n) is 6.48. The lowest BCUT2D eigenvalue weighted by Crippen LogP contribution is -2.09. The maximum atomic E-state index is 4.86. The number of rotatable bonds is 6. The molecule has 0 amide bonds. The lowest BCUT2D eigenvalue weighted by atomic mass is 9.91. The first-order valence-electron chi connectivity index (χ1n) is 9.15. The van der Waals surface area contributed by atoms with Gasteiger partial charge in [-0.25, -0.2) is 4.99 Å². The zero-order valence-corrected chi connectivity index (χ0v) is 18.0. The van der Waals surface area contributed by atoms with Crippen molar-refractivity contribution in [2.75, 3.05) is 5.75 Å². The van der Waals surface area contributed by atoms with Gasteiger partial charge in [-0.3, -0.25) is 0 Å². The van der Waals surface area contributed by atoms with Crippen molar-refractivity contribution >= 4 is 50.2 Å². The Bertz CT molecular complexity index is 737. The Morgan fingerprint density at radius 1 is 1.04 bits per heavy atom. The van der Waals surface area contributed by atoms with Crippen LogP contribution in [-0.4, -0.2) is 10.8 Å². The molecule has 0 atom stereocenters. The maximum absolute atomic E-state index is 4.86. The summed E-state index contributed by atoms with van der Waals surface area (Å²) in [4.78, 5) is 6.09. The van der Waals surface area contributed by atoms with Crippen molar-refractivity contribution in [3.8, 4) is 0 Å². The first-order chi connectivity index (χ1) is 12.8. The van der Waals surface area contributed by atoms with Crippen LogP contribution in [0.4, 0.5) is 5.69 Å². The van der Waals surface area contributed by atoms with Crippen LogP contribution in [0.25, 0.3) is 0 Å². The van der Waals surface area contributed by atoms with Crippen molar-refractivity contribution < 1.29 is 0 Å². The van der Waals surface area contributed by atoms with E-state index in [2.05, 4.69) is 63.8 Å². The van der Waals surface area contributed by atoms with Gasteiger partial charge in [0.25, 0.3) is 0 Å². The lowest BCUT2D eigenvalue weighted by molar-refractivity contribution is 0.391. The average Bonchev–Trinajstić information content (AvgIpc) is 2.68. The van der Waals surface area contributed by atoms with Crippen LogP contribution in [0.1, 0.15) is 32.1 Å². The Kier molecular flexibility index (Phi) is 8.37. The smallest absolute Gasteiger partial charge is 0.0972 e. The number of hydrogen-bond donors (Lipinski definition) is 0. The summed E-state index contributed by atoms with van der Waals surface area (Å²) in [5.41, 5.74) is 1.02. The van der Waals surface area contributed by atoms with Crippen molar-refractivity contribution in [3.63, 3.8) is 0 Å². The largest absolute Gasteiger partial charge is 0.242 e. The first-order valence-corrected chi connectivity index (χ1v) is 11.8. The molecule has 1 fully saturated rings. The van der Waals surface area contributed by atoms with Crippen LogP contribution in [0, 0.1) is 5.92 Å². The molecule has 1 aliphatic carbocycles. The van der Waals surface area contributed by atoms with E-state index in [9.17, 15) is 0 Å². The van der Waals surface area contributed by atoms with Crippen molar-refractivity contribution in [2.24, 2.45) is 10.9 Å². The van der Waals surface area contributed by atoms with E-state index in [1.54, 1.807) is 11.8 Å². The second-order valence-corrected chi connectivity index (χ2v) is 9.41. The van der Waals surface area contributed by atoms with Gasteiger partial charge in [0.15, 0.2) is 0 Å². The van der Waals surface area contributed by atoms with E-state index in [1.165, 1.54) is 42.8 Å². The molecule has 0 saturated heterocycles. The minimum absolute atomic E-state index is 0.848. The van der Waals surface area contributed by atoms with Gasteiger partial charge in [0, 0.05) is 15.1 Å². The third-order valence-corrected chi connectivity index (χ3v) is 6.85. The highest BCUT2D eigenvalue weighted by atomic mass is 79.9. The third kappa shape index (κ3) is 6.98. The van der Waals surface area contributed by atoms with Crippen LogP contribution in [0.2, 0.25) is 0 Å². The third-order valence-electron chi connectivity index (χ3n) is 4.40. The Morgan fingerprint density at radius 3 is 2.62 bits per heavy atom.